The zero-order valence-electron chi connectivity index (χ0n) is 13.0. The first kappa shape index (κ1) is 15.9. The van der Waals surface area contributed by atoms with E-state index in [1.54, 1.807) is 10.9 Å². The summed E-state index contributed by atoms with van der Waals surface area (Å²) in [6.45, 7) is 1.18. The van der Waals surface area contributed by atoms with Crippen molar-refractivity contribution in [2.45, 2.75) is 26.3 Å². The highest BCUT2D eigenvalue weighted by Gasteiger charge is 2.04. The predicted octanol–water partition coefficient (Wildman–Crippen LogP) is 0.545. The number of aryl methyl sites for hydroxylation is 2. The molecule has 0 atom stereocenters. The van der Waals surface area contributed by atoms with Crippen LogP contribution in [0.1, 0.15) is 11.1 Å². The third-order valence-electron chi connectivity index (χ3n) is 3.59. The van der Waals surface area contributed by atoms with Crippen molar-refractivity contribution in [3.63, 3.8) is 0 Å². The van der Waals surface area contributed by atoms with Gasteiger partial charge in [-0.2, -0.15) is 0 Å². The number of aromatic amines is 1. The smallest absolute Gasteiger partial charge is 0.330 e. The molecule has 0 saturated heterocycles. The van der Waals surface area contributed by atoms with E-state index < -0.39 is 11.2 Å². The van der Waals surface area contributed by atoms with E-state index in [0.29, 0.717) is 6.61 Å². The Kier molecular flexibility index (Phi) is 4.97. The Morgan fingerprint density at radius 3 is 2.67 bits per heavy atom. The number of nitrogens with zero attached hydrogens (tertiary/aromatic N) is 4. The second kappa shape index (κ2) is 7.51. The molecule has 1 aromatic carbocycles. The van der Waals surface area contributed by atoms with Gasteiger partial charge in [0.2, 0.25) is 0 Å². The molecule has 2 aromatic heterocycles. The summed E-state index contributed by atoms with van der Waals surface area (Å²) in [6, 6.07) is 9.25. The molecule has 124 valence electrons. The first-order valence-corrected chi connectivity index (χ1v) is 7.51. The quantitative estimate of drug-likeness (QED) is 0.683. The van der Waals surface area contributed by atoms with Crippen LogP contribution in [0.4, 0.5) is 0 Å². The maximum atomic E-state index is 11.6. The molecule has 8 nitrogen and oxygen atoms in total. The van der Waals surface area contributed by atoms with Crippen LogP contribution in [0.2, 0.25) is 0 Å². The summed E-state index contributed by atoms with van der Waals surface area (Å²) in [4.78, 5) is 24.8. The van der Waals surface area contributed by atoms with E-state index in [2.05, 4.69) is 15.3 Å². The Labute approximate surface area is 137 Å². The Hall–Kier alpha value is -3.00. The minimum atomic E-state index is -0.484. The molecule has 0 unspecified atom stereocenters. The lowest BCUT2D eigenvalue weighted by Gasteiger charge is -2.11. The van der Waals surface area contributed by atoms with Crippen molar-refractivity contribution in [1.29, 1.82) is 0 Å². The normalized spacial score (nSPS) is 10.8. The maximum Gasteiger partial charge on any atom is 0.330 e. The van der Waals surface area contributed by atoms with Gasteiger partial charge in [0.05, 0.1) is 12.8 Å². The monoisotopic (exact) mass is 327 g/mol. The van der Waals surface area contributed by atoms with Crippen LogP contribution in [-0.4, -0.2) is 24.5 Å². The maximum absolute atomic E-state index is 11.6. The molecule has 0 aliphatic heterocycles. The van der Waals surface area contributed by atoms with E-state index in [1.165, 1.54) is 16.8 Å². The number of nitrogens with one attached hydrogen (secondary N) is 1. The summed E-state index contributed by atoms with van der Waals surface area (Å²) in [5.41, 5.74) is 1.30. The van der Waals surface area contributed by atoms with Crippen molar-refractivity contribution in [2.24, 2.45) is 0 Å². The predicted molar refractivity (Wildman–Crippen MR) is 86.3 cm³/mol. The third-order valence-corrected chi connectivity index (χ3v) is 3.59. The summed E-state index contributed by atoms with van der Waals surface area (Å²) in [5, 5.41) is 7.73. The molecule has 1 N–H and O–H groups in total. The largest absolute Gasteiger partial charge is 0.356 e. The average molecular weight is 327 g/mol. The highest BCUT2D eigenvalue weighted by Crippen LogP contribution is 2.12. The van der Waals surface area contributed by atoms with Gasteiger partial charge in [0.1, 0.15) is 6.73 Å². The van der Waals surface area contributed by atoms with Gasteiger partial charge < -0.3 is 4.74 Å². The van der Waals surface area contributed by atoms with Crippen LogP contribution in [-0.2, 0) is 31.0 Å². The molecule has 0 amide bonds. The van der Waals surface area contributed by atoms with E-state index in [9.17, 15) is 9.59 Å². The Morgan fingerprint density at radius 1 is 1.08 bits per heavy atom. The summed E-state index contributed by atoms with van der Waals surface area (Å²) in [7, 11) is 0. The van der Waals surface area contributed by atoms with Gasteiger partial charge in [-0.25, -0.2) is 4.79 Å². The molecule has 2 heterocycles. The summed E-state index contributed by atoms with van der Waals surface area (Å²) in [6.07, 6.45) is 5.69. The van der Waals surface area contributed by atoms with Crippen molar-refractivity contribution < 1.29 is 4.74 Å². The summed E-state index contributed by atoms with van der Waals surface area (Å²) in [5.74, 6) is 0. The van der Waals surface area contributed by atoms with Gasteiger partial charge in [-0.05, 0) is 17.5 Å². The van der Waals surface area contributed by atoms with E-state index in [-0.39, 0.29) is 6.73 Å². The fraction of sp³-hybridized carbons (Fsp3) is 0.250. The van der Waals surface area contributed by atoms with Gasteiger partial charge in [0, 0.05) is 25.0 Å². The van der Waals surface area contributed by atoms with Gasteiger partial charge in [-0.3, -0.25) is 19.0 Å². The number of ether oxygens (including phenoxy) is 1. The van der Waals surface area contributed by atoms with E-state index in [1.807, 2.05) is 30.5 Å². The fourth-order valence-corrected chi connectivity index (χ4v) is 2.33. The molecule has 0 aliphatic rings. The first-order chi connectivity index (χ1) is 11.7. The number of hydrogen-bond acceptors (Lipinski definition) is 5. The summed E-state index contributed by atoms with van der Waals surface area (Å²) >= 11 is 0. The zero-order chi connectivity index (χ0) is 16.8. The minimum absolute atomic E-state index is 0.0764. The number of rotatable bonds is 7. The molecule has 0 bridgehead atoms. The molecule has 0 radical (unpaired) electrons. The van der Waals surface area contributed by atoms with Crippen LogP contribution in [0.3, 0.4) is 0 Å². The molecule has 0 saturated carbocycles. The van der Waals surface area contributed by atoms with Crippen molar-refractivity contribution in [3.05, 3.63) is 80.9 Å². The second-order valence-electron chi connectivity index (χ2n) is 5.24. The lowest BCUT2D eigenvalue weighted by Crippen LogP contribution is -2.29. The molecule has 0 fully saturated rings. The van der Waals surface area contributed by atoms with E-state index >= 15 is 0 Å². The molecule has 0 spiro atoms. The Bertz CT molecular complexity index is 898. The van der Waals surface area contributed by atoms with E-state index in [4.69, 9.17) is 4.74 Å². The van der Waals surface area contributed by atoms with Crippen LogP contribution in [0, 0.1) is 0 Å². The number of benzene rings is 1. The SMILES string of the molecule is O=c1ccn(COCc2ccccc2CCn2ccnn2)c(=O)[nH]1. The molecular weight excluding hydrogens is 310 g/mol. The topological polar surface area (TPSA) is 94.8 Å². The third kappa shape index (κ3) is 4.05. The lowest BCUT2D eigenvalue weighted by molar-refractivity contribution is 0.0603. The van der Waals surface area contributed by atoms with Crippen molar-refractivity contribution in [2.75, 3.05) is 0 Å². The van der Waals surface area contributed by atoms with Gasteiger partial charge >= 0.3 is 5.69 Å². The van der Waals surface area contributed by atoms with Crippen LogP contribution in [0.25, 0.3) is 0 Å². The number of aromatic nitrogens is 5. The second-order valence-corrected chi connectivity index (χ2v) is 5.24. The standard InChI is InChI=1S/C16H17N5O3/c22-15-6-8-20(16(23)18-15)12-24-11-14-4-2-1-3-13(14)5-9-21-10-7-17-19-21/h1-4,6-8,10H,5,9,11-12H2,(H,18,22,23). The Balaban J connectivity index is 1.60. The average Bonchev–Trinajstić information content (AvgIpc) is 3.09. The van der Waals surface area contributed by atoms with Crippen molar-refractivity contribution in [1.82, 2.24) is 24.5 Å². The van der Waals surface area contributed by atoms with Crippen LogP contribution < -0.4 is 11.2 Å². The van der Waals surface area contributed by atoms with Gasteiger partial charge in [-0.1, -0.05) is 29.5 Å². The van der Waals surface area contributed by atoms with Crippen molar-refractivity contribution >= 4 is 0 Å². The highest BCUT2D eigenvalue weighted by atomic mass is 16.5. The first-order valence-electron chi connectivity index (χ1n) is 7.51. The lowest BCUT2D eigenvalue weighted by atomic mass is 10.1. The minimum Gasteiger partial charge on any atom is -0.356 e. The van der Waals surface area contributed by atoms with Crippen LogP contribution in [0.5, 0.6) is 0 Å². The molecule has 3 aromatic rings. The van der Waals surface area contributed by atoms with Gasteiger partial charge in [0.15, 0.2) is 0 Å². The summed E-state index contributed by atoms with van der Waals surface area (Å²) < 4.78 is 8.69. The fourth-order valence-electron chi connectivity index (χ4n) is 2.33. The number of hydrogen-bond donors (Lipinski definition) is 1. The molecule has 3 rings (SSSR count). The van der Waals surface area contributed by atoms with Gasteiger partial charge in [0.25, 0.3) is 5.56 Å². The number of H-pyrrole nitrogens is 1. The Morgan fingerprint density at radius 2 is 1.92 bits per heavy atom. The van der Waals surface area contributed by atoms with Crippen molar-refractivity contribution in [3.8, 4) is 0 Å². The molecule has 0 aliphatic carbocycles. The van der Waals surface area contributed by atoms with Crippen LogP contribution >= 0.6 is 0 Å². The highest BCUT2D eigenvalue weighted by molar-refractivity contribution is 5.26. The molecule has 24 heavy (non-hydrogen) atoms. The molecular formula is C16H17N5O3. The molecule has 8 heteroatoms. The van der Waals surface area contributed by atoms with Crippen LogP contribution in [0.15, 0.2) is 58.5 Å². The van der Waals surface area contributed by atoms with E-state index in [0.717, 1.165) is 24.1 Å². The van der Waals surface area contributed by atoms with Gasteiger partial charge in [-0.15, -0.1) is 5.10 Å². The zero-order valence-corrected chi connectivity index (χ0v) is 13.0.